The Labute approximate surface area is 138 Å². The van der Waals surface area contributed by atoms with Crippen molar-refractivity contribution in [3.63, 3.8) is 0 Å². The molecule has 1 heterocycles. The van der Waals surface area contributed by atoms with E-state index in [0.717, 1.165) is 45.4 Å². The molecule has 0 spiro atoms. The largest absolute Gasteiger partial charge is 0.369 e. The molecule has 1 aliphatic rings. The van der Waals surface area contributed by atoms with Crippen molar-refractivity contribution < 1.29 is 0 Å². The van der Waals surface area contributed by atoms with Gasteiger partial charge in [0.15, 0.2) is 5.82 Å². The van der Waals surface area contributed by atoms with Crippen molar-refractivity contribution in [2.24, 2.45) is 0 Å². The summed E-state index contributed by atoms with van der Waals surface area (Å²) in [4.78, 5) is 9.43. The minimum absolute atomic E-state index is 0.565. The van der Waals surface area contributed by atoms with E-state index in [4.69, 9.17) is 16.6 Å². The van der Waals surface area contributed by atoms with Gasteiger partial charge in [0, 0.05) is 23.0 Å². The smallest absolute Gasteiger partial charge is 0.161 e. The maximum Gasteiger partial charge on any atom is 0.161 e. The Hall–Kier alpha value is -1.13. The third-order valence-corrected chi connectivity index (χ3v) is 4.52. The molecule has 110 valence electrons. The van der Waals surface area contributed by atoms with Crippen LogP contribution in [-0.4, -0.2) is 16.5 Å². The van der Waals surface area contributed by atoms with E-state index >= 15 is 0 Å². The molecule has 0 aliphatic heterocycles. The Balaban J connectivity index is 2.03. The molecule has 3 nitrogen and oxygen atoms in total. The van der Waals surface area contributed by atoms with Gasteiger partial charge in [-0.15, -0.1) is 0 Å². The second kappa shape index (κ2) is 6.32. The highest BCUT2D eigenvalue weighted by molar-refractivity contribution is 9.10. The number of benzene rings is 1. The van der Waals surface area contributed by atoms with Gasteiger partial charge in [0.05, 0.1) is 10.2 Å². The van der Waals surface area contributed by atoms with E-state index in [0.29, 0.717) is 5.92 Å². The van der Waals surface area contributed by atoms with Gasteiger partial charge in [-0.1, -0.05) is 18.5 Å². The summed E-state index contributed by atoms with van der Waals surface area (Å²) in [6.45, 7) is 3.05. The molecule has 0 amide bonds. The number of anilines is 1. The van der Waals surface area contributed by atoms with Crippen LogP contribution in [0.25, 0.3) is 11.4 Å². The first kappa shape index (κ1) is 14.8. The number of nitrogens with zero attached hydrogens (tertiary/aromatic N) is 2. The third-order valence-electron chi connectivity index (χ3n) is 3.49. The summed E-state index contributed by atoms with van der Waals surface area (Å²) < 4.78 is 1.01. The van der Waals surface area contributed by atoms with Gasteiger partial charge in [-0.3, -0.25) is 0 Å². The molecule has 5 heteroatoms. The van der Waals surface area contributed by atoms with E-state index in [1.54, 1.807) is 0 Å². The highest BCUT2D eigenvalue weighted by Gasteiger charge is 2.29. The third kappa shape index (κ3) is 3.38. The van der Waals surface area contributed by atoms with Crippen LogP contribution < -0.4 is 5.32 Å². The minimum Gasteiger partial charge on any atom is -0.369 e. The van der Waals surface area contributed by atoms with Gasteiger partial charge < -0.3 is 5.32 Å². The molecule has 1 aliphatic carbocycles. The number of hydrogen-bond donors (Lipinski definition) is 1. The van der Waals surface area contributed by atoms with Gasteiger partial charge in [0.1, 0.15) is 5.82 Å². The van der Waals surface area contributed by atoms with E-state index in [9.17, 15) is 0 Å². The SMILES string of the molecule is CCCNc1nc(-c2ccc(Cl)cc2)nc(C2CC2)c1Br. The van der Waals surface area contributed by atoms with Crippen LogP contribution in [0.2, 0.25) is 5.02 Å². The average molecular weight is 367 g/mol. The lowest BCUT2D eigenvalue weighted by Gasteiger charge is -2.12. The lowest BCUT2D eigenvalue weighted by Crippen LogP contribution is -2.07. The lowest BCUT2D eigenvalue weighted by molar-refractivity contribution is 0.940. The molecule has 3 rings (SSSR count). The van der Waals surface area contributed by atoms with Crippen molar-refractivity contribution in [3.05, 3.63) is 39.5 Å². The highest BCUT2D eigenvalue weighted by atomic mass is 79.9. The Morgan fingerprint density at radius 1 is 1.24 bits per heavy atom. The number of halogens is 2. The fourth-order valence-electron chi connectivity index (χ4n) is 2.18. The van der Waals surface area contributed by atoms with Gasteiger partial charge in [0.2, 0.25) is 0 Å². The van der Waals surface area contributed by atoms with Crippen LogP contribution in [0.4, 0.5) is 5.82 Å². The van der Waals surface area contributed by atoms with Gasteiger partial charge in [-0.25, -0.2) is 9.97 Å². The average Bonchev–Trinajstić information content (AvgIpc) is 3.32. The predicted octanol–water partition coefficient (Wildman–Crippen LogP) is 5.26. The molecule has 0 saturated heterocycles. The molecular weight excluding hydrogens is 350 g/mol. The standard InChI is InChI=1S/C16H17BrClN3/c1-2-9-19-16-13(17)14(10-3-4-10)20-15(21-16)11-5-7-12(18)8-6-11/h5-8,10H,2-4,9H2,1H3,(H,19,20,21). The summed E-state index contributed by atoms with van der Waals surface area (Å²) >= 11 is 9.62. The molecular formula is C16H17BrClN3. The molecule has 2 aromatic rings. The summed E-state index contributed by atoms with van der Waals surface area (Å²) in [6, 6.07) is 7.67. The predicted molar refractivity (Wildman–Crippen MR) is 90.9 cm³/mol. The molecule has 0 atom stereocenters. The molecule has 21 heavy (non-hydrogen) atoms. The number of aromatic nitrogens is 2. The lowest BCUT2D eigenvalue weighted by atomic mass is 10.2. The molecule has 1 aromatic carbocycles. The summed E-state index contributed by atoms with van der Waals surface area (Å²) in [6.07, 6.45) is 3.48. The van der Waals surface area contributed by atoms with Crippen LogP contribution >= 0.6 is 27.5 Å². The molecule has 0 unspecified atom stereocenters. The van der Waals surface area contributed by atoms with Crippen molar-refractivity contribution in [1.82, 2.24) is 9.97 Å². The first-order valence-corrected chi connectivity index (χ1v) is 8.43. The van der Waals surface area contributed by atoms with E-state index in [1.807, 2.05) is 24.3 Å². The molecule has 1 N–H and O–H groups in total. The Morgan fingerprint density at radius 2 is 1.95 bits per heavy atom. The molecule has 1 fully saturated rings. The van der Waals surface area contributed by atoms with Crippen molar-refractivity contribution >= 4 is 33.3 Å². The zero-order valence-corrected chi connectivity index (χ0v) is 14.2. The number of nitrogens with one attached hydrogen (secondary N) is 1. The second-order valence-electron chi connectivity index (χ2n) is 5.30. The quantitative estimate of drug-likeness (QED) is 0.784. The van der Waals surface area contributed by atoms with Crippen LogP contribution in [0.3, 0.4) is 0 Å². The van der Waals surface area contributed by atoms with E-state index in [1.165, 1.54) is 12.8 Å². The maximum atomic E-state index is 5.96. The fraction of sp³-hybridized carbons (Fsp3) is 0.375. The molecule has 1 saturated carbocycles. The van der Waals surface area contributed by atoms with Gasteiger partial charge in [-0.2, -0.15) is 0 Å². The zero-order chi connectivity index (χ0) is 14.8. The van der Waals surface area contributed by atoms with Crippen LogP contribution in [-0.2, 0) is 0 Å². The Morgan fingerprint density at radius 3 is 2.57 bits per heavy atom. The summed E-state index contributed by atoms with van der Waals surface area (Å²) in [5.74, 6) is 2.21. The highest BCUT2D eigenvalue weighted by Crippen LogP contribution is 2.44. The van der Waals surface area contributed by atoms with Crippen molar-refractivity contribution in [1.29, 1.82) is 0 Å². The van der Waals surface area contributed by atoms with E-state index < -0.39 is 0 Å². The first-order valence-electron chi connectivity index (χ1n) is 7.26. The van der Waals surface area contributed by atoms with Crippen molar-refractivity contribution in [3.8, 4) is 11.4 Å². The number of hydrogen-bond acceptors (Lipinski definition) is 3. The second-order valence-corrected chi connectivity index (χ2v) is 6.53. The van der Waals surface area contributed by atoms with Crippen LogP contribution in [0.5, 0.6) is 0 Å². The fourth-order valence-corrected chi connectivity index (χ4v) is 2.95. The summed E-state index contributed by atoms with van der Waals surface area (Å²) in [7, 11) is 0. The summed E-state index contributed by atoms with van der Waals surface area (Å²) in [5.41, 5.74) is 2.11. The monoisotopic (exact) mass is 365 g/mol. The molecule has 0 bridgehead atoms. The normalized spacial score (nSPS) is 14.2. The molecule has 0 radical (unpaired) electrons. The molecule has 1 aromatic heterocycles. The van der Waals surface area contributed by atoms with Gasteiger partial charge >= 0.3 is 0 Å². The van der Waals surface area contributed by atoms with Crippen LogP contribution in [0.15, 0.2) is 28.7 Å². The van der Waals surface area contributed by atoms with Gasteiger partial charge in [0.25, 0.3) is 0 Å². The Kier molecular flexibility index (Phi) is 4.45. The van der Waals surface area contributed by atoms with Gasteiger partial charge in [-0.05, 0) is 59.5 Å². The van der Waals surface area contributed by atoms with Crippen molar-refractivity contribution in [2.45, 2.75) is 32.1 Å². The summed E-state index contributed by atoms with van der Waals surface area (Å²) in [5, 5.41) is 4.11. The van der Waals surface area contributed by atoms with Crippen LogP contribution in [0.1, 0.15) is 37.8 Å². The zero-order valence-electron chi connectivity index (χ0n) is 11.9. The van der Waals surface area contributed by atoms with Crippen LogP contribution in [0, 0.1) is 0 Å². The maximum absolute atomic E-state index is 5.96. The topological polar surface area (TPSA) is 37.8 Å². The first-order chi connectivity index (χ1) is 10.2. The van der Waals surface area contributed by atoms with Crippen molar-refractivity contribution in [2.75, 3.05) is 11.9 Å². The minimum atomic E-state index is 0.565. The van der Waals surface area contributed by atoms with E-state index in [2.05, 4.69) is 33.2 Å². The Bertz CT molecular complexity index is 639. The number of rotatable bonds is 5. The van der Waals surface area contributed by atoms with E-state index in [-0.39, 0.29) is 0 Å².